The Hall–Kier alpha value is -1.13. The van der Waals surface area contributed by atoms with E-state index in [2.05, 4.69) is 52.6 Å². The molecular formula is C14H21N3S. The molecule has 0 spiro atoms. The van der Waals surface area contributed by atoms with E-state index < -0.39 is 0 Å². The molecule has 98 valence electrons. The Kier molecular flexibility index (Phi) is 4.55. The van der Waals surface area contributed by atoms with Gasteiger partial charge in [0, 0.05) is 19.3 Å². The predicted molar refractivity (Wildman–Crippen MR) is 76.9 cm³/mol. The first-order valence-corrected chi connectivity index (χ1v) is 7.32. The number of hydrogen-bond donors (Lipinski definition) is 1. The molecule has 0 unspecified atom stereocenters. The first-order chi connectivity index (χ1) is 8.65. The van der Waals surface area contributed by atoms with Crippen LogP contribution in [0.25, 0.3) is 0 Å². The second-order valence-corrected chi connectivity index (χ2v) is 5.89. The summed E-state index contributed by atoms with van der Waals surface area (Å²) in [6.45, 7) is 9.40. The maximum atomic E-state index is 4.43. The highest BCUT2D eigenvalue weighted by atomic mass is 32.1. The zero-order chi connectivity index (χ0) is 13.0. The molecule has 0 bridgehead atoms. The van der Waals surface area contributed by atoms with Gasteiger partial charge in [0.2, 0.25) is 0 Å². The van der Waals surface area contributed by atoms with Crippen LogP contribution in [-0.4, -0.2) is 16.1 Å². The molecule has 0 aliphatic heterocycles. The van der Waals surface area contributed by atoms with E-state index >= 15 is 0 Å². The van der Waals surface area contributed by atoms with Crippen molar-refractivity contribution in [2.75, 3.05) is 6.54 Å². The van der Waals surface area contributed by atoms with Crippen molar-refractivity contribution in [3.05, 3.63) is 40.1 Å². The SMILES string of the molecule is Cc1cscc1Cn1cnc(CNCC(C)C)c1. The van der Waals surface area contributed by atoms with Crippen LogP contribution in [0.1, 0.15) is 30.7 Å². The van der Waals surface area contributed by atoms with Gasteiger partial charge < -0.3 is 9.88 Å². The Morgan fingerprint density at radius 2 is 2.22 bits per heavy atom. The van der Waals surface area contributed by atoms with Crippen LogP contribution < -0.4 is 5.32 Å². The quantitative estimate of drug-likeness (QED) is 0.868. The summed E-state index contributed by atoms with van der Waals surface area (Å²) in [7, 11) is 0. The Morgan fingerprint density at radius 3 is 2.89 bits per heavy atom. The standard InChI is InChI=1S/C14H21N3S/c1-11(2)4-15-5-14-7-17(10-16-14)6-13-9-18-8-12(13)3/h7-11,15H,4-6H2,1-3H3. The topological polar surface area (TPSA) is 29.9 Å². The molecule has 0 fully saturated rings. The van der Waals surface area contributed by atoms with Gasteiger partial charge in [-0.1, -0.05) is 13.8 Å². The third-order valence-electron chi connectivity index (χ3n) is 2.86. The van der Waals surface area contributed by atoms with E-state index in [-0.39, 0.29) is 0 Å². The van der Waals surface area contributed by atoms with Crippen LogP contribution in [0.5, 0.6) is 0 Å². The molecule has 1 N–H and O–H groups in total. The average molecular weight is 263 g/mol. The summed E-state index contributed by atoms with van der Waals surface area (Å²) < 4.78 is 2.15. The predicted octanol–water partition coefficient (Wildman–Crippen LogP) is 3.05. The number of hydrogen-bond acceptors (Lipinski definition) is 3. The zero-order valence-electron chi connectivity index (χ0n) is 11.3. The zero-order valence-corrected chi connectivity index (χ0v) is 12.1. The number of aryl methyl sites for hydroxylation is 1. The smallest absolute Gasteiger partial charge is 0.0953 e. The highest BCUT2D eigenvalue weighted by Crippen LogP contribution is 2.15. The summed E-state index contributed by atoms with van der Waals surface area (Å²) in [6, 6.07) is 0. The molecule has 0 aliphatic rings. The van der Waals surface area contributed by atoms with E-state index in [1.54, 1.807) is 11.3 Å². The molecular weight excluding hydrogens is 242 g/mol. The fourth-order valence-electron chi connectivity index (χ4n) is 1.82. The molecule has 0 saturated carbocycles. The Balaban J connectivity index is 1.88. The third kappa shape index (κ3) is 3.68. The molecule has 2 aromatic heterocycles. The van der Waals surface area contributed by atoms with Gasteiger partial charge >= 0.3 is 0 Å². The number of thiophene rings is 1. The number of aromatic nitrogens is 2. The van der Waals surface area contributed by atoms with E-state index in [4.69, 9.17) is 0 Å². The largest absolute Gasteiger partial charge is 0.333 e. The first-order valence-electron chi connectivity index (χ1n) is 6.38. The maximum Gasteiger partial charge on any atom is 0.0953 e. The monoisotopic (exact) mass is 263 g/mol. The van der Waals surface area contributed by atoms with Crippen LogP contribution in [0, 0.1) is 12.8 Å². The van der Waals surface area contributed by atoms with E-state index in [0.717, 1.165) is 25.3 Å². The number of nitrogens with zero attached hydrogens (tertiary/aromatic N) is 2. The van der Waals surface area contributed by atoms with Crippen molar-refractivity contribution in [1.82, 2.24) is 14.9 Å². The molecule has 0 radical (unpaired) electrons. The Bertz CT molecular complexity index is 485. The summed E-state index contributed by atoms with van der Waals surface area (Å²) in [4.78, 5) is 4.43. The van der Waals surface area contributed by atoms with E-state index in [1.165, 1.54) is 11.1 Å². The Labute approximate surface area is 113 Å². The number of rotatable bonds is 6. The third-order valence-corrected chi connectivity index (χ3v) is 3.77. The molecule has 4 heteroatoms. The minimum absolute atomic E-state index is 0.681. The average Bonchev–Trinajstić information content (AvgIpc) is 2.90. The van der Waals surface area contributed by atoms with Crippen molar-refractivity contribution in [3.63, 3.8) is 0 Å². The molecule has 0 aliphatic carbocycles. The van der Waals surface area contributed by atoms with Gasteiger partial charge in [0.05, 0.1) is 12.0 Å². The fraction of sp³-hybridized carbons (Fsp3) is 0.500. The molecule has 2 heterocycles. The molecule has 0 amide bonds. The summed E-state index contributed by atoms with van der Waals surface area (Å²) in [5.74, 6) is 0.681. The van der Waals surface area contributed by atoms with Gasteiger partial charge in [-0.2, -0.15) is 11.3 Å². The van der Waals surface area contributed by atoms with Crippen LogP contribution in [0.4, 0.5) is 0 Å². The van der Waals surface area contributed by atoms with Crippen molar-refractivity contribution < 1.29 is 0 Å². The molecule has 18 heavy (non-hydrogen) atoms. The maximum absolute atomic E-state index is 4.43. The van der Waals surface area contributed by atoms with Crippen LogP contribution >= 0.6 is 11.3 Å². The Morgan fingerprint density at radius 1 is 1.39 bits per heavy atom. The summed E-state index contributed by atoms with van der Waals surface area (Å²) in [6.07, 6.45) is 4.05. The van der Waals surface area contributed by atoms with Crippen molar-refractivity contribution >= 4 is 11.3 Å². The number of imidazole rings is 1. The minimum atomic E-state index is 0.681. The van der Waals surface area contributed by atoms with Crippen molar-refractivity contribution in [1.29, 1.82) is 0 Å². The van der Waals surface area contributed by atoms with Gasteiger partial charge in [-0.15, -0.1) is 0 Å². The molecule has 0 aromatic carbocycles. The van der Waals surface area contributed by atoms with Crippen LogP contribution in [0.15, 0.2) is 23.3 Å². The highest BCUT2D eigenvalue weighted by molar-refractivity contribution is 7.08. The molecule has 2 aromatic rings. The van der Waals surface area contributed by atoms with Gasteiger partial charge in [-0.3, -0.25) is 0 Å². The van der Waals surface area contributed by atoms with Gasteiger partial charge in [0.15, 0.2) is 0 Å². The summed E-state index contributed by atoms with van der Waals surface area (Å²) >= 11 is 1.76. The fourth-order valence-corrected chi connectivity index (χ4v) is 2.67. The van der Waals surface area contributed by atoms with Gasteiger partial charge in [0.25, 0.3) is 0 Å². The second-order valence-electron chi connectivity index (χ2n) is 5.14. The van der Waals surface area contributed by atoms with Gasteiger partial charge in [0.1, 0.15) is 0 Å². The van der Waals surface area contributed by atoms with E-state index in [0.29, 0.717) is 5.92 Å². The second kappa shape index (κ2) is 6.16. The van der Waals surface area contributed by atoms with E-state index in [9.17, 15) is 0 Å². The van der Waals surface area contributed by atoms with E-state index in [1.807, 2.05) is 6.33 Å². The first kappa shape index (κ1) is 13.3. The summed E-state index contributed by atoms with van der Waals surface area (Å²) in [5.41, 5.74) is 3.87. The lowest BCUT2D eigenvalue weighted by molar-refractivity contribution is 0.548. The molecule has 0 saturated heterocycles. The number of nitrogens with one attached hydrogen (secondary N) is 1. The lowest BCUT2D eigenvalue weighted by Gasteiger charge is -2.05. The minimum Gasteiger partial charge on any atom is -0.333 e. The van der Waals surface area contributed by atoms with Gasteiger partial charge in [-0.25, -0.2) is 4.98 Å². The van der Waals surface area contributed by atoms with Crippen molar-refractivity contribution in [2.45, 2.75) is 33.9 Å². The molecule has 0 atom stereocenters. The highest BCUT2D eigenvalue weighted by Gasteiger charge is 2.03. The summed E-state index contributed by atoms with van der Waals surface area (Å²) in [5, 5.41) is 7.82. The van der Waals surface area contributed by atoms with Crippen LogP contribution in [-0.2, 0) is 13.1 Å². The van der Waals surface area contributed by atoms with Crippen LogP contribution in [0.2, 0.25) is 0 Å². The molecule has 3 nitrogen and oxygen atoms in total. The lowest BCUT2D eigenvalue weighted by Crippen LogP contribution is -2.19. The normalized spacial score (nSPS) is 11.3. The van der Waals surface area contributed by atoms with Gasteiger partial charge in [-0.05, 0) is 41.3 Å². The van der Waals surface area contributed by atoms with Crippen molar-refractivity contribution in [2.24, 2.45) is 5.92 Å². The van der Waals surface area contributed by atoms with Crippen LogP contribution in [0.3, 0.4) is 0 Å². The molecule has 2 rings (SSSR count). The lowest BCUT2D eigenvalue weighted by atomic mass is 10.2. The van der Waals surface area contributed by atoms with Crippen molar-refractivity contribution in [3.8, 4) is 0 Å².